The van der Waals surface area contributed by atoms with E-state index in [1.165, 1.54) is 0 Å². The lowest BCUT2D eigenvalue weighted by Gasteiger charge is -2.28. The molecule has 2 unspecified atom stereocenters. The van der Waals surface area contributed by atoms with Gasteiger partial charge in [0.2, 0.25) is 5.95 Å². The minimum atomic E-state index is -0.0401. The molecule has 0 radical (unpaired) electrons. The Morgan fingerprint density at radius 2 is 2.15 bits per heavy atom. The highest BCUT2D eigenvalue weighted by Gasteiger charge is 2.31. The van der Waals surface area contributed by atoms with Crippen molar-refractivity contribution in [2.75, 3.05) is 20.0 Å². The van der Waals surface area contributed by atoms with E-state index in [2.05, 4.69) is 16.1 Å². The van der Waals surface area contributed by atoms with Gasteiger partial charge in [-0.25, -0.2) is 4.68 Å². The van der Waals surface area contributed by atoms with Gasteiger partial charge in [-0.15, -0.1) is 5.10 Å². The summed E-state index contributed by atoms with van der Waals surface area (Å²) in [5.74, 6) is 1.92. The molecule has 0 aliphatic carbocycles. The lowest BCUT2D eigenvalue weighted by molar-refractivity contribution is 0.0648. The topological polar surface area (TPSA) is 75.2 Å². The van der Waals surface area contributed by atoms with Gasteiger partial charge in [-0.2, -0.15) is 4.98 Å². The summed E-state index contributed by atoms with van der Waals surface area (Å²) in [7, 11) is 3.35. The largest absolute Gasteiger partial charge is 0.497 e. The van der Waals surface area contributed by atoms with Crippen LogP contribution in [-0.2, 0) is 4.74 Å². The van der Waals surface area contributed by atoms with Crippen LogP contribution in [0.5, 0.6) is 5.75 Å². The maximum absolute atomic E-state index is 5.75. The Bertz CT molecular complexity index is 611. The number of nitrogens with zero attached hydrogens (tertiary/aromatic N) is 3. The number of hydrogen-bond donors (Lipinski definition) is 1. The molecule has 0 saturated heterocycles. The van der Waals surface area contributed by atoms with Gasteiger partial charge in [-0.3, -0.25) is 0 Å². The fourth-order valence-electron chi connectivity index (χ4n) is 2.74. The third kappa shape index (κ3) is 2.12. The van der Waals surface area contributed by atoms with E-state index in [1.54, 1.807) is 14.2 Å². The quantitative estimate of drug-likeness (QED) is 0.925. The number of ether oxygens (including phenoxy) is 2. The minimum absolute atomic E-state index is 0.0401. The van der Waals surface area contributed by atoms with E-state index >= 15 is 0 Å². The van der Waals surface area contributed by atoms with Gasteiger partial charge in [0.1, 0.15) is 11.9 Å². The fraction of sp³-hybridized carbons (Fsp3) is 0.429. The number of anilines is 1. The average Bonchev–Trinajstić information content (AvgIpc) is 2.87. The molecule has 20 heavy (non-hydrogen) atoms. The number of hydrogen-bond acceptors (Lipinski definition) is 5. The summed E-state index contributed by atoms with van der Waals surface area (Å²) in [6.45, 7) is 0. The summed E-state index contributed by atoms with van der Waals surface area (Å²) in [6, 6.07) is 8.13. The van der Waals surface area contributed by atoms with Gasteiger partial charge in [0.05, 0.1) is 13.2 Å². The molecule has 3 rings (SSSR count). The molecule has 0 spiro atoms. The van der Waals surface area contributed by atoms with Crippen molar-refractivity contribution in [1.82, 2.24) is 14.8 Å². The van der Waals surface area contributed by atoms with E-state index in [1.807, 2.05) is 22.9 Å². The molecule has 0 bridgehead atoms. The second-order valence-electron chi connectivity index (χ2n) is 4.87. The zero-order chi connectivity index (χ0) is 14.1. The highest BCUT2D eigenvalue weighted by molar-refractivity contribution is 5.32. The Hall–Kier alpha value is -2.08. The van der Waals surface area contributed by atoms with E-state index in [0.717, 1.165) is 30.0 Å². The molecule has 2 heterocycles. The lowest BCUT2D eigenvalue weighted by Crippen LogP contribution is -2.24. The van der Waals surface area contributed by atoms with Crippen molar-refractivity contribution >= 4 is 5.95 Å². The molecule has 1 aliphatic rings. The van der Waals surface area contributed by atoms with Gasteiger partial charge < -0.3 is 15.2 Å². The van der Waals surface area contributed by atoms with Crippen molar-refractivity contribution in [3.63, 3.8) is 0 Å². The first-order valence-corrected chi connectivity index (χ1v) is 6.61. The van der Waals surface area contributed by atoms with Crippen LogP contribution >= 0.6 is 0 Å². The van der Waals surface area contributed by atoms with Crippen LogP contribution in [0.4, 0.5) is 5.95 Å². The normalized spacial score (nSPS) is 21.5. The van der Waals surface area contributed by atoms with Gasteiger partial charge in [-0.1, -0.05) is 12.1 Å². The van der Waals surface area contributed by atoms with Crippen LogP contribution in [-0.4, -0.2) is 29.0 Å². The summed E-state index contributed by atoms with van der Waals surface area (Å²) in [4.78, 5) is 4.30. The Morgan fingerprint density at radius 1 is 1.30 bits per heavy atom. The van der Waals surface area contributed by atoms with E-state index in [4.69, 9.17) is 15.2 Å². The first kappa shape index (κ1) is 12.9. The first-order valence-electron chi connectivity index (χ1n) is 6.61. The van der Waals surface area contributed by atoms with Crippen LogP contribution in [0.3, 0.4) is 0 Å². The van der Waals surface area contributed by atoms with Crippen LogP contribution in [0, 0.1) is 0 Å². The predicted molar refractivity (Wildman–Crippen MR) is 74.6 cm³/mol. The van der Waals surface area contributed by atoms with Gasteiger partial charge in [0.25, 0.3) is 0 Å². The molecular weight excluding hydrogens is 256 g/mol. The third-order valence-corrected chi connectivity index (χ3v) is 3.72. The van der Waals surface area contributed by atoms with Crippen molar-refractivity contribution in [3.8, 4) is 5.75 Å². The Balaban J connectivity index is 2.02. The van der Waals surface area contributed by atoms with Crippen LogP contribution in [0.2, 0.25) is 0 Å². The number of methoxy groups -OCH3 is 2. The SMILES string of the molecule is COc1cccc(C2CCC(OC)c3nc(N)nn32)c1. The lowest BCUT2D eigenvalue weighted by atomic mass is 9.96. The standard InChI is InChI=1S/C14H18N4O2/c1-19-10-5-3-4-9(8-10)11-6-7-12(20-2)13-16-14(15)17-18(11)13/h3-5,8,11-12H,6-7H2,1-2H3,(H2,15,17). The zero-order valence-electron chi connectivity index (χ0n) is 11.6. The summed E-state index contributed by atoms with van der Waals surface area (Å²) in [5.41, 5.74) is 6.89. The highest BCUT2D eigenvalue weighted by Crippen LogP contribution is 2.37. The molecule has 6 nitrogen and oxygen atoms in total. The monoisotopic (exact) mass is 274 g/mol. The Labute approximate surface area is 117 Å². The molecule has 6 heteroatoms. The summed E-state index contributed by atoms with van der Waals surface area (Å²) < 4.78 is 12.6. The molecule has 106 valence electrons. The number of rotatable bonds is 3. The molecule has 0 fully saturated rings. The van der Waals surface area contributed by atoms with Gasteiger partial charge >= 0.3 is 0 Å². The zero-order valence-corrected chi connectivity index (χ0v) is 11.6. The molecule has 1 aliphatic heterocycles. The molecule has 0 saturated carbocycles. The van der Waals surface area contributed by atoms with Crippen molar-refractivity contribution in [1.29, 1.82) is 0 Å². The molecule has 2 atom stereocenters. The maximum Gasteiger partial charge on any atom is 0.239 e. The number of nitrogens with two attached hydrogens (primary N) is 1. The van der Waals surface area contributed by atoms with Crippen molar-refractivity contribution < 1.29 is 9.47 Å². The van der Waals surface area contributed by atoms with Crippen molar-refractivity contribution in [3.05, 3.63) is 35.7 Å². The highest BCUT2D eigenvalue weighted by atomic mass is 16.5. The molecule has 2 N–H and O–H groups in total. The van der Waals surface area contributed by atoms with Crippen LogP contribution in [0.1, 0.15) is 36.4 Å². The maximum atomic E-state index is 5.75. The van der Waals surface area contributed by atoms with Crippen LogP contribution < -0.4 is 10.5 Å². The molecular formula is C14H18N4O2. The number of fused-ring (bicyclic) bond motifs is 1. The summed E-state index contributed by atoms with van der Waals surface area (Å²) in [6.07, 6.45) is 1.79. The number of aromatic nitrogens is 3. The second-order valence-corrected chi connectivity index (χ2v) is 4.87. The molecule has 1 aromatic heterocycles. The predicted octanol–water partition coefficient (Wildman–Crippen LogP) is 1.94. The van der Waals surface area contributed by atoms with Gasteiger partial charge in [0, 0.05) is 7.11 Å². The van der Waals surface area contributed by atoms with Crippen molar-refractivity contribution in [2.24, 2.45) is 0 Å². The van der Waals surface area contributed by atoms with E-state index in [0.29, 0.717) is 0 Å². The Kier molecular flexibility index (Phi) is 3.31. The molecule has 1 aromatic carbocycles. The van der Waals surface area contributed by atoms with E-state index in [-0.39, 0.29) is 18.1 Å². The van der Waals surface area contributed by atoms with E-state index < -0.39 is 0 Å². The molecule has 2 aromatic rings. The van der Waals surface area contributed by atoms with Crippen LogP contribution in [0.25, 0.3) is 0 Å². The minimum Gasteiger partial charge on any atom is -0.497 e. The number of benzene rings is 1. The third-order valence-electron chi connectivity index (χ3n) is 3.72. The van der Waals surface area contributed by atoms with E-state index in [9.17, 15) is 0 Å². The van der Waals surface area contributed by atoms with Crippen LogP contribution in [0.15, 0.2) is 24.3 Å². The molecule has 0 amide bonds. The summed E-state index contributed by atoms with van der Waals surface area (Å²) in [5, 5.41) is 4.33. The smallest absolute Gasteiger partial charge is 0.239 e. The Morgan fingerprint density at radius 3 is 2.90 bits per heavy atom. The second kappa shape index (κ2) is 5.13. The average molecular weight is 274 g/mol. The fourth-order valence-corrected chi connectivity index (χ4v) is 2.74. The van der Waals surface area contributed by atoms with Gasteiger partial charge in [-0.05, 0) is 30.5 Å². The van der Waals surface area contributed by atoms with Crippen molar-refractivity contribution in [2.45, 2.75) is 25.0 Å². The van der Waals surface area contributed by atoms with Gasteiger partial charge in [0.15, 0.2) is 5.82 Å². The summed E-state index contributed by atoms with van der Waals surface area (Å²) >= 11 is 0. The number of nitrogen functional groups attached to an aromatic ring is 1. The first-order chi connectivity index (χ1) is 9.72.